The van der Waals surface area contributed by atoms with E-state index in [2.05, 4.69) is 5.32 Å². The molecule has 0 radical (unpaired) electrons. The molecule has 0 fully saturated rings. The second-order valence-electron chi connectivity index (χ2n) is 4.18. The lowest BCUT2D eigenvalue weighted by atomic mass is 10.1. The number of halogens is 2. The van der Waals surface area contributed by atoms with Gasteiger partial charge in [0.1, 0.15) is 18.0 Å². The Bertz CT molecular complexity index is 354. The molecule has 0 bridgehead atoms. The predicted octanol–water partition coefficient (Wildman–Crippen LogP) is 3.12. The van der Waals surface area contributed by atoms with Crippen LogP contribution in [0.4, 0.5) is 0 Å². The zero-order valence-corrected chi connectivity index (χ0v) is 12.1. The summed E-state index contributed by atoms with van der Waals surface area (Å²) in [5.74, 6) is 0.584. The molecule has 2 atom stereocenters. The van der Waals surface area contributed by atoms with E-state index in [0.29, 0.717) is 22.3 Å². The van der Waals surface area contributed by atoms with E-state index in [4.69, 9.17) is 27.9 Å². The molecule has 2 N–H and O–H groups in total. The number of likely N-dealkylation sites (N-methyl/N-ethyl adjacent to an activating group) is 1. The Labute approximate surface area is 118 Å². The van der Waals surface area contributed by atoms with Crippen LogP contribution < -0.4 is 10.1 Å². The van der Waals surface area contributed by atoms with E-state index in [-0.39, 0.29) is 6.10 Å². The number of ether oxygens (including phenoxy) is 1. The molecule has 1 rings (SSSR count). The molecule has 1 aromatic rings. The standard InChI is InChI=1S/C13H19Cl2NO2/c1-3-4-13(12(17)8-16-2)18-11-6-9(14)5-10(15)7-11/h5-7,12-13,16-17H,3-4,8H2,1-2H3/t12-,13+/m1/s1. The van der Waals surface area contributed by atoms with Crippen molar-refractivity contribution in [1.82, 2.24) is 5.32 Å². The molecule has 0 amide bonds. The molecule has 0 heterocycles. The van der Waals surface area contributed by atoms with Gasteiger partial charge < -0.3 is 15.2 Å². The number of nitrogens with one attached hydrogen (secondary N) is 1. The molecule has 1 aromatic carbocycles. The molecule has 102 valence electrons. The van der Waals surface area contributed by atoms with Crippen LogP contribution >= 0.6 is 23.2 Å². The minimum absolute atomic E-state index is 0.267. The molecule has 0 aliphatic rings. The summed E-state index contributed by atoms with van der Waals surface area (Å²) >= 11 is 11.8. The number of aliphatic hydroxyl groups is 1. The van der Waals surface area contributed by atoms with Gasteiger partial charge in [0.2, 0.25) is 0 Å². The molecule has 0 saturated carbocycles. The fourth-order valence-electron chi connectivity index (χ4n) is 1.73. The van der Waals surface area contributed by atoms with Crippen molar-refractivity contribution in [2.45, 2.75) is 32.0 Å². The Hall–Kier alpha value is -0.480. The van der Waals surface area contributed by atoms with Crippen molar-refractivity contribution in [3.63, 3.8) is 0 Å². The highest BCUT2D eigenvalue weighted by Crippen LogP contribution is 2.26. The highest BCUT2D eigenvalue weighted by Gasteiger charge is 2.19. The average Bonchev–Trinajstić information content (AvgIpc) is 2.27. The molecular formula is C13H19Cl2NO2. The summed E-state index contributed by atoms with van der Waals surface area (Å²) in [5.41, 5.74) is 0. The van der Waals surface area contributed by atoms with Gasteiger partial charge in [-0.1, -0.05) is 36.5 Å². The fourth-order valence-corrected chi connectivity index (χ4v) is 2.23. The topological polar surface area (TPSA) is 41.5 Å². The van der Waals surface area contributed by atoms with Crippen LogP contribution in [0, 0.1) is 0 Å². The fraction of sp³-hybridized carbons (Fsp3) is 0.538. The SMILES string of the molecule is CCC[C@H](Oc1cc(Cl)cc(Cl)c1)[C@H](O)CNC. The average molecular weight is 292 g/mol. The summed E-state index contributed by atoms with van der Waals surface area (Å²) in [6.45, 7) is 2.53. The van der Waals surface area contributed by atoms with Crippen molar-refractivity contribution >= 4 is 23.2 Å². The zero-order valence-electron chi connectivity index (χ0n) is 10.6. The lowest BCUT2D eigenvalue weighted by Gasteiger charge is -2.24. The van der Waals surface area contributed by atoms with Gasteiger partial charge in [0.25, 0.3) is 0 Å². The predicted molar refractivity (Wildman–Crippen MR) is 75.7 cm³/mol. The Morgan fingerprint density at radius 1 is 1.28 bits per heavy atom. The smallest absolute Gasteiger partial charge is 0.126 e. The maximum absolute atomic E-state index is 9.99. The Balaban J connectivity index is 2.75. The third-order valence-corrected chi connectivity index (χ3v) is 2.98. The summed E-state index contributed by atoms with van der Waals surface area (Å²) in [6.07, 6.45) is 0.872. The summed E-state index contributed by atoms with van der Waals surface area (Å²) in [6, 6.07) is 5.04. The molecule has 0 unspecified atom stereocenters. The van der Waals surface area contributed by atoms with E-state index in [1.807, 2.05) is 6.92 Å². The lowest BCUT2D eigenvalue weighted by Crippen LogP contribution is -2.38. The van der Waals surface area contributed by atoms with E-state index in [9.17, 15) is 5.11 Å². The van der Waals surface area contributed by atoms with Crippen LogP contribution in [0.1, 0.15) is 19.8 Å². The number of aliphatic hydroxyl groups excluding tert-OH is 1. The van der Waals surface area contributed by atoms with Crippen LogP contribution in [-0.2, 0) is 0 Å². The van der Waals surface area contributed by atoms with Crippen LogP contribution in [-0.4, -0.2) is 30.9 Å². The summed E-state index contributed by atoms with van der Waals surface area (Å²) in [4.78, 5) is 0. The van der Waals surface area contributed by atoms with Gasteiger partial charge in [0.15, 0.2) is 0 Å². The summed E-state index contributed by atoms with van der Waals surface area (Å²) < 4.78 is 5.77. The number of hydrogen-bond donors (Lipinski definition) is 2. The monoisotopic (exact) mass is 291 g/mol. The maximum atomic E-state index is 9.99. The number of benzene rings is 1. The van der Waals surface area contributed by atoms with Crippen molar-refractivity contribution in [2.24, 2.45) is 0 Å². The van der Waals surface area contributed by atoms with Gasteiger partial charge in [0.05, 0.1) is 0 Å². The van der Waals surface area contributed by atoms with Gasteiger partial charge in [-0.05, 0) is 31.7 Å². The first-order valence-corrected chi connectivity index (χ1v) is 6.77. The van der Waals surface area contributed by atoms with Gasteiger partial charge in [-0.25, -0.2) is 0 Å². The first-order chi connectivity index (χ1) is 8.56. The Morgan fingerprint density at radius 2 is 1.89 bits per heavy atom. The van der Waals surface area contributed by atoms with Gasteiger partial charge in [0, 0.05) is 16.6 Å². The molecule has 0 spiro atoms. The van der Waals surface area contributed by atoms with E-state index in [1.54, 1.807) is 25.2 Å². The quantitative estimate of drug-likeness (QED) is 0.811. The third-order valence-electron chi connectivity index (χ3n) is 2.54. The molecule has 0 aromatic heterocycles. The zero-order chi connectivity index (χ0) is 13.5. The largest absolute Gasteiger partial charge is 0.488 e. The minimum atomic E-state index is -0.562. The van der Waals surface area contributed by atoms with Gasteiger partial charge in [-0.3, -0.25) is 0 Å². The van der Waals surface area contributed by atoms with Crippen LogP contribution in [0.25, 0.3) is 0 Å². The number of hydrogen-bond acceptors (Lipinski definition) is 3. The van der Waals surface area contributed by atoms with Gasteiger partial charge in [-0.15, -0.1) is 0 Å². The van der Waals surface area contributed by atoms with Crippen molar-refractivity contribution in [1.29, 1.82) is 0 Å². The molecule has 0 aliphatic heterocycles. The second-order valence-corrected chi connectivity index (χ2v) is 5.05. The van der Waals surface area contributed by atoms with Crippen LogP contribution in [0.5, 0.6) is 5.75 Å². The van der Waals surface area contributed by atoms with Crippen LogP contribution in [0.15, 0.2) is 18.2 Å². The maximum Gasteiger partial charge on any atom is 0.126 e. The summed E-state index contributed by atoms with van der Waals surface area (Å²) in [5, 5.41) is 14.0. The van der Waals surface area contributed by atoms with E-state index in [1.165, 1.54) is 0 Å². The molecular weight excluding hydrogens is 273 g/mol. The van der Waals surface area contributed by atoms with Crippen LogP contribution in [0.3, 0.4) is 0 Å². The van der Waals surface area contributed by atoms with Gasteiger partial charge in [-0.2, -0.15) is 0 Å². The Kier molecular flexibility index (Phi) is 6.79. The van der Waals surface area contributed by atoms with Gasteiger partial charge >= 0.3 is 0 Å². The first kappa shape index (κ1) is 15.6. The molecule has 18 heavy (non-hydrogen) atoms. The normalized spacial score (nSPS) is 14.3. The van der Waals surface area contributed by atoms with E-state index in [0.717, 1.165) is 12.8 Å². The number of rotatable bonds is 7. The third kappa shape index (κ3) is 5.02. The first-order valence-electron chi connectivity index (χ1n) is 6.02. The highest BCUT2D eigenvalue weighted by atomic mass is 35.5. The Morgan fingerprint density at radius 3 is 2.39 bits per heavy atom. The van der Waals surface area contributed by atoms with Crippen molar-refractivity contribution in [2.75, 3.05) is 13.6 Å². The van der Waals surface area contributed by atoms with E-state index < -0.39 is 6.10 Å². The lowest BCUT2D eigenvalue weighted by molar-refractivity contribution is 0.0324. The molecule has 0 aliphatic carbocycles. The second kappa shape index (κ2) is 7.85. The van der Waals surface area contributed by atoms with Crippen LogP contribution in [0.2, 0.25) is 10.0 Å². The minimum Gasteiger partial charge on any atom is -0.488 e. The van der Waals surface area contributed by atoms with Crippen molar-refractivity contribution in [3.05, 3.63) is 28.2 Å². The van der Waals surface area contributed by atoms with Crippen molar-refractivity contribution < 1.29 is 9.84 Å². The molecule has 5 heteroatoms. The highest BCUT2D eigenvalue weighted by molar-refractivity contribution is 6.34. The van der Waals surface area contributed by atoms with Crippen molar-refractivity contribution in [3.8, 4) is 5.75 Å². The summed E-state index contributed by atoms with van der Waals surface area (Å²) in [7, 11) is 1.79. The van der Waals surface area contributed by atoms with E-state index >= 15 is 0 Å². The molecule has 3 nitrogen and oxygen atoms in total. The molecule has 0 saturated heterocycles.